The van der Waals surface area contributed by atoms with E-state index in [2.05, 4.69) is 11.8 Å². The average molecular weight is 381 g/mol. The molecule has 2 aliphatic rings. The number of non-ortho nitro benzene ring substituents is 1. The predicted octanol–water partition coefficient (Wildman–Crippen LogP) is 2.87. The molecule has 0 amide bonds. The summed E-state index contributed by atoms with van der Waals surface area (Å²) in [5.41, 5.74) is -0.0961. The second kappa shape index (κ2) is 8.02. The van der Waals surface area contributed by atoms with E-state index >= 15 is 0 Å². The van der Waals surface area contributed by atoms with E-state index in [1.165, 1.54) is 37.1 Å². The standard InChI is InChI=1S/C18H27N3O4S/c1-15-8-12-19(13-9-15)14-10-16-3-2-11-20(16)26(24,25)18-6-4-17(5-7-18)21(22)23/h4-7,15-16H,2-3,8-14H2,1H3/t16-/m1/s1. The number of piperidine rings is 1. The van der Waals surface area contributed by atoms with Gasteiger partial charge in [-0.3, -0.25) is 10.1 Å². The number of hydrogen-bond acceptors (Lipinski definition) is 5. The minimum Gasteiger partial charge on any atom is -0.303 e. The Kier molecular flexibility index (Phi) is 5.94. The zero-order valence-electron chi connectivity index (χ0n) is 15.2. The largest absolute Gasteiger partial charge is 0.303 e. The Balaban J connectivity index is 1.65. The number of sulfonamides is 1. The third-order valence-corrected chi connectivity index (χ3v) is 7.60. The molecular formula is C18H27N3O4S. The SMILES string of the molecule is CC1CCN(CC[C@H]2CCCN2S(=O)(=O)c2ccc([N+](=O)[O-])cc2)CC1. The lowest BCUT2D eigenvalue weighted by Crippen LogP contribution is -2.40. The van der Waals surface area contributed by atoms with Gasteiger partial charge in [-0.2, -0.15) is 4.31 Å². The minimum absolute atomic E-state index is 0.0227. The number of likely N-dealkylation sites (tertiary alicyclic amines) is 1. The van der Waals surface area contributed by atoms with Gasteiger partial charge in [0.1, 0.15) is 0 Å². The van der Waals surface area contributed by atoms with E-state index < -0.39 is 14.9 Å². The Labute approximate surface area is 155 Å². The first-order valence-corrected chi connectivity index (χ1v) is 10.8. The highest BCUT2D eigenvalue weighted by molar-refractivity contribution is 7.89. The minimum atomic E-state index is -3.60. The molecule has 0 aliphatic carbocycles. The summed E-state index contributed by atoms with van der Waals surface area (Å²) in [6.45, 7) is 5.95. The second-order valence-corrected chi connectivity index (χ2v) is 9.37. The van der Waals surface area contributed by atoms with E-state index in [-0.39, 0.29) is 16.6 Å². The molecule has 0 radical (unpaired) electrons. The summed E-state index contributed by atoms with van der Waals surface area (Å²) in [6, 6.07) is 5.22. The summed E-state index contributed by atoms with van der Waals surface area (Å²) < 4.78 is 27.5. The Morgan fingerprint density at radius 1 is 1.12 bits per heavy atom. The average Bonchev–Trinajstić information content (AvgIpc) is 3.11. The molecule has 0 bridgehead atoms. The molecule has 144 valence electrons. The van der Waals surface area contributed by atoms with Crippen molar-refractivity contribution in [2.75, 3.05) is 26.2 Å². The molecule has 3 rings (SSSR count). The Morgan fingerprint density at radius 2 is 1.77 bits per heavy atom. The van der Waals surface area contributed by atoms with Crippen LogP contribution in [0.2, 0.25) is 0 Å². The van der Waals surface area contributed by atoms with Crippen LogP contribution in [-0.4, -0.2) is 54.8 Å². The number of benzene rings is 1. The van der Waals surface area contributed by atoms with Crippen molar-refractivity contribution < 1.29 is 13.3 Å². The van der Waals surface area contributed by atoms with Crippen molar-refractivity contribution in [1.29, 1.82) is 0 Å². The topological polar surface area (TPSA) is 83.8 Å². The van der Waals surface area contributed by atoms with Crippen LogP contribution >= 0.6 is 0 Å². The highest BCUT2D eigenvalue weighted by Crippen LogP contribution is 2.29. The van der Waals surface area contributed by atoms with Crippen molar-refractivity contribution >= 4 is 15.7 Å². The van der Waals surface area contributed by atoms with Gasteiger partial charge < -0.3 is 4.90 Å². The van der Waals surface area contributed by atoms with E-state index in [1.807, 2.05) is 0 Å². The van der Waals surface area contributed by atoms with E-state index in [4.69, 9.17) is 0 Å². The summed E-state index contributed by atoms with van der Waals surface area (Å²) in [5.74, 6) is 0.789. The molecule has 0 N–H and O–H groups in total. The summed E-state index contributed by atoms with van der Waals surface area (Å²) >= 11 is 0. The summed E-state index contributed by atoms with van der Waals surface area (Å²) in [4.78, 5) is 12.8. The fourth-order valence-corrected chi connectivity index (χ4v) is 5.63. The van der Waals surface area contributed by atoms with E-state index in [9.17, 15) is 18.5 Å². The molecule has 8 heteroatoms. The van der Waals surface area contributed by atoms with Gasteiger partial charge in [-0.1, -0.05) is 6.92 Å². The molecule has 2 fully saturated rings. The van der Waals surface area contributed by atoms with Gasteiger partial charge in [-0.15, -0.1) is 0 Å². The third-order valence-electron chi connectivity index (χ3n) is 5.63. The van der Waals surface area contributed by atoms with Crippen LogP contribution in [0.15, 0.2) is 29.2 Å². The van der Waals surface area contributed by atoms with Crippen LogP contribution in [0, 0.1) is 16.0 Å². The molecule has 2 heterocycles. The molecule has 7 nitrogen and oxygen atoms in total. The first kappa shape index (κ1) is 19.3. The van der Waals surface area contributed by atoms with Crippen molar-refractivity contribution in [2.45, 2.75) is 50.0 Å². The molecule has 0 aromatic heterocycles. The maximum Gasteiger partial charge on any atom is 0.269 e. The van der Waals surface area contributed by atoms with Gasteiger partial charge in [0.25, 0.3) is 5.69 Å². The lowest BCUT2D eigenvalue weighted by Gasteiger charge is -2.32. The Hall–Kier alpha value is -1.51. The van der Waals surface area contributed by atoms with Gasteiger partial charge in [0.05, 0.1) is 9.82 Å². The van der Waals surface area contributed by atoms with E-state index in [1.54, 1.807) is 4.31 Å². The number of nitrogens with zero attached hydrogens (tertiary/aromatic N) is 3. The fourth-order valence-electron chi connectivity index (χ4n) is 3.91. The number of nitro groups is 1. The van der Waals surface area contributed by atoms with Gasteiger partial charge in [-0.25, -0.2) is 8.42 Å². The van der Waals surface area contributed by atoms with Crippen molar-refractivity contribution in [2.24, 2.45) is 5.92 Å². The monoisotopic (exact) mass is 381 g/mol. The molecule has 0 unspecified atom stereocenters. The van der Waals surface area contributed by atoms with Crippen LogP contribution in [0.1, 0.15) is 39.0 Å². The molecule has 0 saturated carbocycles. The fraction of sp³-hybridized carbons (Fsp3) is 0.667. The zero-order chi connectivity index (χ0) is 18.7. The van der Waals surface area contributed by atoms with Crippen LogP contribution in [0.5, 0.6) is 0 Å². The maximum atomic E-state index is 13.0. The van der Waals surface area contributed by atoms with Crippen LogP contribution in [-0.2, 0) is 10.0 Å². The molecular weight excluding hydrogens is 354 g/mol. The van der Waals surface area contributed by atoms with Gasteiger partial charge in [0.15, 0.2) is 0 Å². The smallest absolute Gasteiger partial charge is 0.269 e. The second-order valence-electron chi connectivity index (χ2n) is 7.48. The third kappa shape index (κ3) is 4.24. The van der Waals surface area contributed by atoms with Crippen LogP contribution < -0.4 is 0 Å². The Morgan fingerprint density at radius 3 is 2.38 bits per heavy atom. The van der Waals surface area contributed by atoms with Gasteiger partial charge >= 0.3 is 0 Å². The quantitative estimate of drug-likeness (QED) is 0.559. The molecule has 1 atom stereocenters. The molecule has 0 spiro atoms. The Bertz CT molecular complexity index is 727. The summed E-state index contributed by atoms with van der Waals surface area (Å²) in [5, 5.41) is 10.8. The molecule has 2 aliphatic heterocycles. The van der Waals surface area contributed by atoms with Crippen molar-refractivity contribution in [3.8, 4) is 0 Å². The van der Waals surface area contributed by atoms with Crippen molar-refractivity contribution in [3.63, 3.8) is 0 Å². The number of rotatable bonds is 6. The number of nitro benzene ring substituents is 1. The van der Waals surface area contributed by atoms with Gasteiger partial charge in [0.2, 0.25) is 10.0 Å². The van der Waals surface area contributed by atoms with Crippen molar-refractivity contribution in [3.05, 3.63) is 34.4 Å². The predicted molar refractivity (Wildman–Crippen MR) is 99.5 cm³/mol. The van der Waals surface area contributed by atoms with Crippen LogP contribution in [0.25, 0.3) is 0 Å². The van der Waals surface area contributed by atoms with E-state index in [0.717, 1.165) is 44.8 Å². The van der Waals surface area contributed by atoms with Gasteiger partial charge in [0, 0.05) is 24.7 Å². The molecule has 1 aromatic rings. The highest BCUT2D eigenvalue weighted by Gasteiger charge is 2.35. The molecule has 2 saturated heterocycles. The zero-order valence-corrected chi connectivity index (χ0v) is 16.0. The van der Waals surface area contributed by atoms with Crippen LogP contribution in [0.3, 0.4) is 0 Å². The van der Waals surface area contributed by atoms with E-state index in [0.29, 0.717) is 6.54 Å². The van der Waals surface area contributed by atoms with Crippen molar-refractivity contribution in [1.82, 2.24) is 9.21 Å². The lowest BCUT2D eigenvalue weighted by atomic mass is 9.99. The first-order chi connectivity index (χ1) is 12.4. The molecule has 26 heavy (non-hydrogen) atoms. The maximum absolute atomic E-state index is 13.0. The van der Waals surface area contributed by atoms with Gasteiger partial charge in [-0.05, 0) is 69.8 Å². The van der Waals surface area contributed by atoms with Crippen LogP contribution in [0.4, 0.5) is 5.69 Å². The summed E-state index contributed by atoms with van der Waals surface area (Å²) in [7, 11) is -3.60. The first-order valence-electron chi connectivity index (χ1n) is 9.36. The molecule has 1 aromatic carbocycles. The highest BCUT2D eigenvalue weighted by atomic mass is 32.2. The normalized spacial score (nSPS) is 23.3. The lowest BCUT2D eigenvalue weighted by molar-refractivity contribution is -0.384. The number of hydrogen-bond donors (Lipinski definition) is 0. The summed E-state index contributed by atoms with van der Waals surface area (Å²) in [6.07, 6.45) is 5.04.